The number of ether oxygens (including phenoxy) is 1. The van der Waals surface area contributed by atoms with Gasteiger partial charge in [-0.2, -0.15) is 0 Å². The molecule has 0 aliphatic carbocycles. The number of carbonyl (C=O) groups excluding carboxylic acids is 1. The lowest BCUT2D eigenvalue weighted by Crippen LogP contribution is -2.42. The van der Waals surface area contributed by atoms with Gasteiger partial charge >= 0.3 is 0 Å². The second kappa shape index (κ2) is 7.53. The number of hydrogen-bond acceptors (Lipinski definition) is 4. The Morgan fingerprint density at radius 2 is 1.96 bits per heavy atom. The van der Waals surface area contributed by atoms with Gasteiger partial charge in [-0.1, -0.05) is 18.2 Å². The standard InChI is InChI=1S/C19H29N3O2/c1-13-16(14(2)21-20-13)8-6-12-22(3)19(23)18-11-10-15-7-4-5-9-17(15)24-18/h4-5,7,9,13-14,16,18,20-21H,6,8,10-12H2,1-3H3. The Bertz CT molecular complexity index is 567. The third kappa shape index (κ3) is 3.73. The number of nitrogens with one attached hydrogen (secondary N) is 2. The Morgan fingerprint density at radius 1 is 1.25 bits per heavy atom. The van der Waals surface area contributed by atoms with Gasteiger partial charge in [-0.25, -0.2) is 0 Å². The highest BCUT2D eigenvalue weighted by atomic mass is 16.5. The lowest BCUT2D eigenvalue weighted by atomic mass is 9.91. The van der Waals surface area contributed by atoms with Crippen molar-refractivity contribution in [1.29, 1.82) is 0 Å². The summed E-state index contributed by atoms with van der Waals surface area (Å²) in [4.78, 5) is 14.5. The van der Waals surface area contributed by atoms with Crippen LogP contribution >= 0.6 is 0 Å². The zero-order valence-electron chi connectivity index (χ0n) is 14.9. The Labute approximate surface area is 144 Å². The van der Waals surface area contributed by atoms with Gasteiger partial charge in [0.15, 0.2) is 6.10 Å². The highest BCUT2D eigenvalue weighted by Crippen LogP contribution is 2.28. The summed E-state index contributed by atoms with van der Waals surface area (Å²) in [5.74, 6) is 1.58. The average molecular weight is 331 g/mol. The summed E-state index contributed by atoms with van der Waals surface area (Å²) in [6, 6.07) is 8.98. The Balaban J connectivity index is 1.47. The summed E-state index contributed by atoms with van der Waals surface area (Å²) < 4.78 is 5.92. The van der Waals surface area contributed by atoms with Crippen molar-refractivity contribution in [1.82, 2.24) is 15.8 Å². The van der Waals surface area contributed by atoms with Crippen LogP contribution in [0.3, 0.4) is 0 Å². The molecule has 0 spiro atoms. The fraction of sp³-hybridized carbons (Fsp3) is 0.632. The lowest BCUT2D eigenvalue weighted by molar-refractivity contribution is -0.138. The van der Waals surface area contributed by atoms with E-state index >= 15 is 0 Å². The van der Waals surface area contributed by atoms with Crippen molar-refractivity contribution in [3.63, 3.8) is 0 Å². The molecule has 1 aromatic carbocycles. The Kier molecular flexibility index (Phi) is 5.41. The zero-order valence-corrected chi connectivity index (χ0v) is 14.9. The largest absolute Gasteiger partial charge is 0.480 e. The molecule has 1 amide bonds. The van der Waals surface area contributed by atoms with Gasteiger partial charge in [0, 0.05) is 25.7 Å². The van der Waals surface area contributed by atoms with Crippen LogP contribution in [0.5, 0.6) is 5.75 Å². The summed E-state index contributed by atoms with van der Waals surface area (Å²) in [5.41, 5.74) is 7.78. The monoisotopic (exact) mass is 331 g/mol. The van der Waals surface area contributed by atoms with Crippen LogP contribution in [0.1, 0.15) is 38.7 Å². The van der Waals surface area contributed by atoms with Crippen molar-refractivity contribution in [3.05, 3.63) is 29.8 Å². The first-order valence-electron chi connectivity index (χ1n) is 9.07. The minimum atomic E-state index is -0.336. The summed E-state index contributed by atoms with van der Waals surface area (Å²) in [6.07, 6.45) is 3.49. The predicted octanol–water partition coefficient (Wildman–Crippen LogP) is 2.12. The molecule has 2 aliphatic rings. The van der Waals surface area contributed by atoms with Gasteiger partial charge in [0.1, 0.15) is 5.75 Å². The quantitative estimate of drug-likeness (QED) is 0.868. The molecule has 132 valence electrons. The highest BCUT2D eigenvalue weighted by molar-refractivity contribution is 5.81. The van der Waals surface area contributed by atoms with Gasteiger partial charge in [0.25, 0.3) is 5.91 Å². The maximum absolute atomic E-state index is 12.6. The topological polar surface area (TPSA) is 53.6 Å². The number of hydrogen-bond donors (Lipinski definition) is 2. The number of benzene rings is 1. The van der Waals surface area contributed by atoms with Gasteiger partial charge in [0.05, 0.1) is 0 Å². The number of hydrazine groups is 1. The molecule has 0 bridgehead atoms. The third-order valence-electron chi connectivity index (χ3n) is 5.42. The van der Waals surface area contributed by atoms with E-state index in [1.807, 2.05) is 30.1 Å². The van der Waals surface area contributed by atoms with Crippen LogP contribution in [0.15, 0.2) is 24.3 Å². The number of aryl methyl sites for hydroxylation is 1. The van der Waals surface area contributed by atoms with E-state index in [1.165, 1.54) is 5.56 Å². The van der Waals surface area contributed by atoms with E-state index in [1.54, 1.807) is 0 Å². The molecular formula is C19H29N3O2. The molecule has 0 saturated carbocycles. The molecule has 1 saturated heterocycles. The number of fused-ring (bicyclic) bond motifs is 1. The molecule has 24 heavy (non-hydrogen) atoms. The van der Waals surface area contributed by atoms with Crippen molar-refractivity contribution in [2.45, 2.75) is 57.7 Å². The van der Waals surface area contributed by atoms with E-state index in [-0.39, 0.29) is 12.0 Å². The number of rotatable bonds is 5. The minimum absolute atomic E-state index is 0.105. The number of amides is 1. The summed E-state index contributed by atoms with van der Waals surface area (Å²) >= 11 is 0. The Morgan fingerprint density at radius 3 is 2.71 bits per heavy atom. The van der Waals surface area contributed by atoms with Crippen LogP contribution in [0.4, 0.5) is 0 Å². The summed E-state index contributed by atoms with van der Waals surface area (Å²) in [7, 11) is 1.89. The molecule has 0 aromatic heterocycles. The first-order chi connectivity index (χ1) is 11.6. The normalized spacial score (nSPS) is 29.0. The van der Waals surface area contributed by atoms with Crippen molar-refractivity contribution in [2.75, 3.05) is 13.6 Å². The van der Waals surface area contributed by atoms with E-state index in [4.69, 9.17) is 4.74 Å². The fourth-order valence-electron chi connectivity index (χ4n) is 3.83. The number of para-hydroxylation sites is 1. The van der Waals surface area contributed by atoms with Crippen molar-refractivity contribution >= 4 is 5.91 Å². The lowest BCUT2D eigenvalue weighted by Gasteiger charge is -2.29. The molecular weight excluding hydrogens is 302 g/mol. The van der Waals surface area contributed by atoms with Crippen LogP contribution in [-0.4, -0.2) is 42.6 Å². The SMILES string of the molecule is CC1NNC(C)C1CCCN(C)C(=O)C1CCc2ccccc2O1. The van der Waals surface area contributed by atoms with Gasteiger partial charge in [-0.15, -0.1) is 0 Å². The molecule has 2 aliphatic heterocycles. The molecule has 2 N–H and O–H groups in total. The molecule has 5 nitrogen and oxygen atoms in total. The molecule has 2 heterocycles. The molecule has 0 radical (unpaired) electrons. The zero-order chi connectivity index (χ0) is 17.1. The smallest absolute Gasteiger partial charge is 0.263 e. The molecule has 3 rings (SSSR count). The summed E-state index contributed by atoms with van der Waals surface area (Å²) in [6.45, 7) is 5.21. The van der Waals surface area contributed by atoms with Crippen LogP contribution in [0.25, 0.3) is 0 Å². The van der Waals surface area contributed by atoms with E-state index in [2.05, 4.69) is 30.8 Å². The maximum Gasteiger partial charge on any atom is 0.263 e. The van der Waals surface area contributed by atoms with Crippen LogP contribution in [-0.2, 0) is 11.2 Å². The molecule has 1 fully saturated rings. The van der Waals surface area contributed by atoms with Gasteiger partial charge in [-0.05, 0) is 57.1 Å². The van der Waals surface area contributed by atoms with Crippen LogP contribution < -0.4 is 15.6 Å². The van der Waals surface area contributed by atoms with E-state index in [0.29, 0.717) is 18.0 Å². The van der Waals surface area contributed by atoms with E-state index in [0.717, 1.165) is 38.0 Å². The van der Waals surface area contributed by atoms with Crippen molar-refractivity contribution < 1.29 is 9.53 Å². The molecule has 3 unspecified atom stereocenters. The van der Waals surface area contributed by atoms with Crippen LogP contribution in [0.2, 0.25) is 0 Å². The molecule has 5 heteroatoms. The number of likely N-dealkylation sites (N-methyl/N-ethyl adjacent to an activating group) is 1. The van der Waals surface area contributed by atoms with Gasteiger partial charge < -0.3 is 9.64 Å². The first kappa shape index (κ1) is 17.2. The van der Waals surface area contributed by atoms with E-state index < -0.39 is 0 Å². The van der Waals surface area contributed by atoms with Crippen molar-refractivity contribution in [2.24, 2.45) is 5.92 Å². The highest BCUT2D eigenvalue weighted by Gasteiger charge is 2.30. The minimum Gasteiger partial charge on any atom is -0.480 e. The second-order valence-corrected chi connectivity index (χ2v) is 7.18. The third-order valence-corrected chi connectivity index (χ3v) is 5.42. The van der Waals surface area contributed by atoms with E-state index in [9.17, 15) is 4.79 Å². The van der Waals surface area contributed by atoms with Crippen LogP contribution in [0, 0.1) is 5.92 Å². The Hall–Kier alpha value is -1.59. The first-order valence-corrected chi connectivity index (χ1v) is 9.07. The second-order valence-electron chi connectivity index (χ2n) is 7.18. The molecule has 1 aromatic rings. The number of carbonyl (C=O) groups is 1. The maximum atomic E-state index is 12.6. The van der Waals surface area contributed by atoms with Gasteiger partial charge in [0.2, 0.25) is 0 Å². The molecule has 3 atom stereocenters. The van der Waals surface area contributed by atoms with Gasteiger partial charge in [-0.3, -0.25) is 15.6 Å². The summed E-state index contributed by atoms with van der Waals surface area (Å²) in [5, 5.41) is 0. The number of nitrogens with zero attached hydrogens (tertiary/aromatic N) is 1. The average Bonchev–Trinajstić information content (AvgIpc) is 2.92. The fourth-order valence-corrected chi connectivity index (χ4v) is 3.83. The predicted molar refractivity (Wildman–Crippen MR) is 94.7 cm³/mol. The van der Waals surface area contributed by atoms with Crippen molar-refractivity contribution in [3.8, 4) is 5.75 Å².